The first kappa shape index (κ1) is 25.2. The Morgan fingerprint density at radius 2 is 1.73 bits per heavy atom. The second-order valence-electron chi connectivity index (χ2n) is 8.81. The smallest absolute Gasteiger partial charge is 0.308 e. The Hall–Kier alpha value is -5.09. The lowest BCUT2D eigenvalue weighted by molar-refractivity contribution is -0.131. The van der Waals surface area contributed by atoms with E-state index in [0.717, 1.165) is 28.3 Å². The molecule has 0 bridgehead atoms. The highest BCUT2D eigenvalue weighted by atomic mass is 32.1. The number of carbonyl (C=O) groups is 1. The van der Waals surface area contributed by atoms with E-state index >= 15 is 0 Å². The van der Waals surface area contributed by atoms with E-state index in [2.05, 4.69) is 10.1 Å². The fourth-order valence-electron chi connectivity index (χ4n) is 4.29. The Labute approximate surface area is 232 Å². The predicted molar refractivity (Wildman–Crippen MR) is 153 cm³/mol. The Bertz CT molecular complexity index is 1940. The number of esters is 1. The summed E-state index contributed by atoms with van der Waals surface area (Å²) in [5.41, 5.74) is 3.52. The van der Waals surface area contributed by atoms with Crippen LogP contribution in [0.15, 0.2) is 89.9 Å². The summed E-state index contributed by atoms with van der Waals surface area (Å²) in [6.07, 6.45) is 3.71. The minimum atomic E-state index is -0.450. The molecular formula is C30H23N5O4S. The first-order valence-electron chi connectivity index (χ1n) is 12.6. The van der Waals surface area contributed by atoms with E-state index < -0.39 is 5.97 Å². The van der Waals surface area contributed by atoms with Gasteiger partial charge in [0.2, 0.25) is 4.96 Å². The second kappa shape index (κ2) is 10.6. The van der Waals surface area contributed by atoms with Gasteiger partial charge in [-0.1, -0.05) is 41.7 Å². The molecule has 3 heterocycles. The molecule has 0 radical (unpaired) electrons. The molecule has 198 valence electrons. The third-order valence-corrected chi connectivity index (χ3v) is 7.01. The van der Waals surface area contributed by atoms with Crippen LogP contribution in [0.5, 0.6) is 11.5 Å². The number of fused-ring (bicyclic) bond motifs is 1. The van der Waals surface area contributed by atoms with Crippen molar-refractivity contribution in [2.24, 2.45) is 0 Å². The molecule has 6 aromatic rings. The Morgan fingerprint density at radius 3 is 2.45 bits per heavy atom. The van der Waals surface area contributed by atoms with Crippen LogP contribution < -0.4 is 19.6 Å². The van der Waals surface area contributed by atoms with Crippen molar-refractivity contribution in [3.8, 4) is 39.8 Å². The SMILES string of the molecule is CCOc1ccc(-c2nn(-c3ccccc3)cc2C=c2sc3nc(-c4ccccc4OC(C)=O)nn3c2=O)cc1. The van der Waals surface area contributed by atoms with Crippen molar-refractivity contribution in [2.75, 3.05) is 6.61 Å². The van der Waals surface area contributed by atoms with Crippen LogP contribution in [-0.4, -0.2) is 37.0 Å². The molecule has 0 unspecified atom stereocenters. The van der Waals surface area contributed by atoms with Gasteiger partial charge in [0.15, 0.2) is 5.82 Å². The van der Waals surface area contributed by atoms with Gasteiger partial charge in [0.05, 0.1) is 22.4 Å². The average Bonchev–Trinajstić information content (AvgIpc) is 3.65. The van der Waals surface area contributed by atoms with Crippen LogP contribution in [0.1, 0.15) is 19.4 Å². The van der Waals surface area contributed by atoms with Crippen LogP contribution in [0.3, 0.4) is 0 Å². The molecule has 3 aromatic heterocycles. The van der Waals surface area contributed by atoms with E-state index in [1.165, 1.54) is 22.8 Å². The number of thiazole rings is 1. The highest BCUT2D eigenvalue weighted by molar-refractivity contribution is 7.15. The molecule has 10 heteroatoms. The van der Waals surface area contributed by atoms with Crippen molar-refractivity contribution < 1.29 is 14.3 Å². The van der Waals surface area contributed by atoms with E-state index in [9.17, 15) is 9.59 Å². The molecule has 40 heavy (non-hydrogen) atoms. The van der Waals surface area contributed by atoms with Gasteiger partial charge in [0, 0.05) is 24.2 Å². The maximum absolute atomic E-state index is 13.4. The first-order chi connectivity index (χ1) is 19.5. The van der Waals surface area contributed by atoms with Crippen molar-refractivity contribution >= 4 is 28.3 Å². The molecule has 6 rings (SSSR count). The standard InChI is InChI=1S/C30H23N5O4S/c1-3-38-23-15-13-20(14-16-23)27-21(18-34(32-27)22-9-5-4-6-10-22)17-26-29(37)35-30(40-26)31-28(33-35)24-11-7-8-12-25(24)39-19(2)36/h4-18H,3H2,1-2H3. The summed E-state index contributed by atoms with van der Waals surface area (Å²) < 4.78 is 14.4. The molecule has 3 aromatic carbocycles. The topological polar surface area (TPSA) is 101 Å². The average molecular weight is 550 g/mol. The summed E-state index contributed by atoms with van der Waals surface area (Å²) in [5, 5.41) is 9.28. The quantitative estimate of drug-likeness (QED) is 0.213. The summed E-state index contributed by atoms with van der Waals surface area (Å²) in [6.45, 7) is 3.85. The summed E-state index contributed by atoms with van der Waals surface area (Å²) in [4.78, 5) is 29.9. The summed E-state index contributed by atoms with van der Waals surface area (Å²) >= 11 is 1.23. The normalized spacial score (nSPS) is 11.7. The highest BCUT2D eigenvalue weighted by Crippen LogP contribution is 2.29. The van der Waals surface area contributed by atoms with Gasteiger partial charge in [0.25, 0.3) is 5.56 Å². The molecule has 0 aliphatic heterocycles. The van der Waals surface area contributed by atoms with Gasteiger partial charge in [-0.25, -0.2) is 4.68 Å². The number of carbonyl (C=O) groups excluding carboxylic acids is 1. The number of hydrogen-bond donors (Lipinski definition) is 0. The minimum Gasteiger partial charge on any atom is -0.494 e. The number of benzene rings is 3. The number of ether oxygens (including phenoxy) is 2. The number of hydrogen-bond acceptors (Lipinski definition) is 8. The molecule has 0 spiro atoms. The van der Waals surface area contributed by atoms with Crippen molar-refractivity contribution in [2.45, 2.75) is 13.8 Å². The van der Waals surface area contributed by atoms with Crippen molar-refractivity contribution in [1.82, 2.24) is 24.4 Å². The van der Waals surface area contributed by atoms with Crippen LogP contribution in [-0.2, 0) is 4.79 Å². The van der Waals surface area contributed by atoms with Crippen LogP contribution >= 0.6 is 11.3 Å². The lowest BCUT2D eigenvalue weighted by Gasteiger charge is -2.04. The Balaban J connectivity index is 1.44. The summed E-state index contributed by atoms with van der Waals surface area (Å²) in [5.74, 6) is 0.964. The zero-order chi connectivity index (χ0) is 27.6. The maximum Gasteiger partial charge on any atom is 0.308 e. The van der Waals surface area contributed by atoms with Gasteiger partial charge < -0.3 is 9.47 Å². The molecule has 0 N–H and O–H groups in total. The van der Waals surface area contributed by atoms with Crippen LogP contribution in [0.2, 0.25) is 0 Å². The maximum atomic E-state index is 13.4. The van der Waals surface area contributed by atoms with E-state index in [1.807, 2.05) is 73.8 Å². The number of aromatic nitrogens is 5. The van der Waals surface area contributed by atoms with E-state index in [4.69, 9.17) is 14.6 Å². The molecule has 9 nitrogen and oxygen atoms in total. The van der Waals surface area contributed by atoms with Gasteiger partial charge >= 0.3 is 5.97 Å². The van der Waals surface area contributed by atoms with Crippen LogP contribution in [0, 0.1) is 0 Å². The van der Waals surface area contributed by atoms with Gasteiger partial charge in [0.1, 0.15) is 17.2 Å². The molecule has 0 amide bonds. The van der Waals surface area contributed by atoms with Crippen LogP contribution in [0.4, 0.5) is 0 Å². The third-order valence-electron chi connectivity index (χ3n) is 6.05. The monoisotopic (exact) mass is 549 g/mol. The minimum absolute atomic E-state index is 0.297. The molecular weight excluding hydrogens is 526 g/mol. The summed E-state index contributed by atoms with van der Waals surface area (Å²) in [6, 6.07) is 24.5. The number of nitrogens with zero attached hydrogens (tertiary/aromatic N) is 5. The Kier molecular flexibility index (Phi) is 6.67. The van der Waals surface area contributed by atoms with Gasteiger partial charge in [-0.3, -0.25) is 9.59 Å². The van der Waals surface area contributed by atoms with E-state index in [-0.39, 0.29) is 5.56 Å². The zero-order valence-electron chi connectivity index (χ0n) is 21.6. The van der Waals surface area contributed by atoms with Gasteiger partial charge in [-0.15, -0.1) is 5.10 Å². The predicted octanol–water partition coefficient (Wildman–Crippen LogP) is 4.54. The van der Waals surface area contributed by atoms with Crippen LogP contribution in [0.25, 0.3) is 39.4 Å². The van der Waals surface area contributed by atoms with Crippen molar-refractivity contribution in [1.29, 1.82) is 0 Å². The van der Waals surface area contributed by atoms with Crippen molar-refractivity contribution in [3.05, 3.63) is 106 Å². The molecule has 0 aliphatic rings. The molecule has 0 saturated carbocycles. The second-order valence-corrected chi connectivity index (χ2v) is 9.82. The Morgan fingerprint density at radius 1 is 0.975 bits per heavy atom. The number of rotatable bonds is 7. The molecule has 0 aliphatic carbocycles. The third kappa shape index (κ3) is 4.87. The van der Waals surface area contributed by atoms with Crippen molar-refractivity contribution in [3.63, 3.8) is 0 Å². The van der Waals surface area contributed by atoms with E-state index in [1.54, 1.807) is 28.9 Å². The molecule has 0 fully saturated rings. The van der Waals surface area contributed by atoms with Gasteiger partial charge in [-0.2, -0.15) is 14.6 Å². The fourth-order valence-corrected chi connectivity index (χ4v) is 5.19. The molecule has 0 atom stereocenters. The summed E-state index contributed by atoms with van der Waals surface area (Å²) in [7, 11) is 0. The van der Waals surface area contributed by atoms with E-state index in [0.29, 0.717) is 33.2 Å². The first-order valence-corrected chi connectivity index (χ1v) is 13.4. The highest BCUT2D eigenvalue weighted by Gasteiger charge is 2.17. The largest absolute Gasteiger partial charge is 0.494 e. The molecule has 0 saturated heterocycles. The zero-order valence-corrected chi connectivity index (χ0v) is 22.5. The van der Waals surface area contributed by atoms with Gasteiger partial charge in [-0.05, 0) is 61.5 Å². The fraction of sp³-hybridized carbons (Fsp3) is 0.100. The number of para-hydroxylation sites is 2. The lowest BCUT2D eigenvalue weighted by atomic mass is 10.1. The lowest BCUT2D eigenvalue weighted by Crippen LogP contribution is -2.23.